The van der Waals surface area contributed by atoms with E-state index in [1.807, 2.05) is 26.0 Å². The summed E-state index contributed by atoms with van der Waals surface area (Å²) in [5, 5.41) is 9.06. The lowest BCUT2D eigenvalue weighted by molar-refractivity contribution is -0.136. The van der Waals surface area contributed by atoms with Gasteiger partial charge in [0, 0.05) is 17.2 Å². The number of aliphatic carboxylic acids is 1. The average Bonchev–Trinajstić information content (AvgIpc) is 3.71. The molecule has 0 saturated carbocycles. The highest BCUT2D eigenvalue weighted by Gasteiger charge is 2.39. The van der Waals surface area contributed by atoms with E-state index >= 15 is 0 Å². The molecule has 2 heterocycles. The fourth-order valence-electron chi connectivity index (χ4n) is 5.64. The van der Waals surface area contributed by atoms with Gasteiger partial charge in [-0.2, -0.15) is 0 Å². The summed E-state index contributed by atoms with van der Waals surface area (Å²) in [4.78, 5) is 15.6. The molecule has 1 atom stereocenters. The number of carboxylic acid groups (broad SMARTS) is 1. The van der Waals surface area contributed by atoms with Crippen molar-refractivity contribution in [1.29, 1.82) is 0 Å². The second kappa shape index (κ2) is 12.7. The zero-order chi connectivity index (χ0) is 28.8. The number of benzene rings is 2. The van der Waals surface area contributed by atoms with E-state index in [1.54, 1.807) is 6.20 Å². The first-order valence-electron chi connectivity index (χ1n) is 14.4. The molecule has 2 aromatic carbocycles. The zero-order valence-corrected chi connectivity index (χ0v) is 25.0. The molecule has 4 rings (SSSR count). The quantitative estimate of drug-likeness (QED) is 0.268. The smallest absolute Gasteiger partial charge is 0.307 e. The molecule has 1 fully saturated rings. The molecule has 1 aliphatic rings. The van der Waals surface area contributed by atoms with Crippen LogP contribution in [-0.2, 0) is 21.4 Å². The Hall–Kier alpha value is -3.24. The van der Waals surface area contributed by atoms with Crippen molar-refractivity contribution in [2.45, 2.75) is 92.1 Å². The predicted molar refractivity (Wildman–Crippen MR) is 162 cm³/mol. The standard InChI is InChI=1S/C33H39NO3.C2H6/c1-7-32(21-37-32)15-14-26-11-12-27(16-22(26)4)33(8-2,9-3)28-17-23(5)31(24(6)18-28)29-13-10-25(20-34-29)19-30(35)36;1-2/h10-18,20H,7-9,19,21H2,1-6H3,(H,35,36);1-2H3/b15-14+;. The van der Waals surface area contributed by atoms with Crippen molar-refractivity contribution in [2.24, 2.45) is 0 Å². The van der Waals surface area contributed by atoms with Gasteiger partial charge < -0.3 is 9.84 Å². The first-order chi connectivity index (χ1) is 18.7. The highest BCUT2D eigenvalue weighted by molar-refractivity contribution is 5.72. The van der Waals surface area contributed by atoms with Gasteiger partial charge in [-0.15, -0.1) is 0 Å². The molecule has 39 heavy (non-hydrogen) atoms. The number of aryl methyl sites for hydroxylation is 3. The minimum absolute atomic E-state index is 0.0129. The van der Waals surface area contributed by atoms with Crippen molar-refractivity contribution in [3.05, 3.63) is 93.7 Å². The lowest BCUT2D eigenvalue weighted by Gasteiger charge is -2.35. The SMILES string of the molecule is CC.CCC1(/C=C/c2ccc(C(CC)(CC)c3cc(C)c(-c4ccc(CC(=O)O)cn4)c(C)c3)cc2C)CO1. The van der Waals surface area contributed by atoms with Gasteiger partial charge in [-0.05, 0) is 91.1 Å². The van der Waals surface area contributed by atoms with Gasteiger partial charge in [0.15, 0.2) is 0 Å². The van der Waals surface area contributed by atoms with Crippen LogP contribution in [0.3, 0.4) is 0 Å². The van der Waals surface area contributed by atoms with Gasteiger partial charge in [-0.25, -0.2) is 0 Å². The zero-order valence-electron chi connectivity index (χ0n) is 25.0. The summed E-state index contributed by atoms with van der Waals surface area (Å²) in [6.07, 6.45) is 9.11. The normalized spacial score (nSPS) is 16.6. The van der Waals surface area contributed by atoms with E-state index < -0.39 is 5.97 Å². The second-order valence-electron chi connectivity index (χ2n) is 10.5. The molecule has 1 unspecified atom stereocenters. The van der Waals surface area contributed by atoms with Crippen LogP contribution in [0.15, 0.2) is 54.7 Å². The van der Waals surface area contributed by atoms with E-state index in [-0.39, 0.29) is 17.4 Å². The van der Waals surface area contributed by atoms with Crippen molar-refractivity contribution in [2.75, 3.05) is 6.61 Å². The van der Waals surface area contributed by atoms with Crippen LogP contribution >= 0.6 is 0 Å². The van der Waals surface area contributed by atoms with Crippen LogP contribution in [0.5, 0.6) is 0 Å². The molecule has 4 heteroatoms. The summed E-state index contributed by atoms with van der Waals surface area (Å²) in [7, 11) is 0. The Bertz CT molecular complexity index is 1290. The fraction of sp³-hybridized carbons (Fsp3) is 0.429. The largest absolute Gasteiger partial charge is 0.481 e. The monoisotopic (exact) mass is 527 g/mol. The van der Waals surface area contributed by atoms with Crippen LogP contribution in [0.25, 0.3) is 17.3 Å². The number of hydrogen-bond acceptors (Lipinski definition) is 3. The summed E-state index contributed by atoms with van der Waals surface area (Å²) in [5.74, 6) is -0.845. The second-order valence-corrected chi connectivity index (χ2v) is 10.5. The number of carbonyl (C=O) groups is 1. The first-order valence-corrected chi connectivity index (χ1v) is 14.4. The van der Waals surface area contributed by atoms with E-state index in [4.69, 9.17) is 9.84 Å². The van der Waals surface area contributed by atoms with Gasteiger partial charge in [0.25, 0.3) is 0 Å². The lowest BCUT2D eigenvalue weighted by atomic mass is 9.69. The number of nitrogens with zero attached hydrogens (tertiary/aromatic N) is 1. The summed E-state index contributed by atoms with van der Waals surface area (Å²) >= 11 is 0. The number of pyridine rings is 1. The van der Waals surface area contributed by atoms with Gasteiger partial charge in [0.05, 0.1) is 18.7 Å². The molecule has 0 spiro atoms. The number of ether oxygens (including phenoxy) is 1. The molecular weight excluding hydrogens is 482 g/mol. The van der Waals surface area contributed by atoms with Crippen LogP contribution in [0.4, 0.5) is 0 Å². The van der Waals surface area contributed by atoms with Gasteiger partial charge in [0.2, 0.25) is 0 Å². The Kier molecular flexibility index (Phi) is 9.90. The van der Waals surface area contributed by atoms with E-state index in [0.717, 1.165) is 37.1 Å². The fourth-order valence-corrected chi connectivity index (χ4v) is 5.64. The van der Waals surface area contributed by atoms with Crippen molar-refractivity contribution in [3.63, 3.8) is 0 Å². The lowest BCUT2D eigenvalue weighted by Crippen LogP contribution is -2.26. The van der Waals surface area contributed by atoms with Gasteiger partial charge in [-0.3, -0.25) is 9.78 Å². The third-order valence-electron chi connectivity index (χ3n) is 8.23. The van der Waals surface area contributed by atoms with E-state index in [1.165, 1.54) is 33.4 Å². The minimum atomic E-state index is -0.845. The third kappa shape index (κ3) is 6.50. The molecule has 4 nitrogen and oxygen atoms in total. The van der Waals surface area contributed by atoms with Crippen molar-refractivity contribution in [3.8, 4) is 11.3 Å². The number of rotatable bonds is 10. The van der Waals surface area contributed by atoms with Gasteiger partial charge >= 0.3 is 5.97 Å². The summed E-state index contributed by atoms with van der Waals surface area (Å²) < 4.78 is 5.65. The number of carboxylic acids is 1. The van der Waals surface area contributed by atoms with Gasteiger partial charge in [-0.1, -0.05) is 77.1 Å². The highest BCUT2D eigenvalue weighted by atomic mass is 16.6. The van der Waals surface area contributed by atoms with E-state index in [2.05, 4.69) is 89.0 Å². The van der Waals surface area contributed by atoms with Crippen molar-refractivity contribution >= 4 is 12.0 Å². The molecule has 1 N–H and O–H groups in total. The molecule has 1 aliphatic heterocycles. The molecule has 0 bridgehead atoms. The summed E-state index contributed by atoms with van der Waals surface area (Å²) in [6, 6.07) is 15.4. The molecule has 1 aromatic heterocycles. The van der Waals surface area contributed by atoms with E-state index in [0.29, 0.717) is 5.56 Å². The number of hydrogen-bond donors (Lipinski definition) is 1. The number of epoxide rings is 1. The maximum atomic E-state index is 11.0. The molecule has 0 radical (unpaired) electrons. The Morgan fingerprint density at radius 1 is 0.974 bits per heavy atom. The van der Waals surface area contributed by atoms with E-state index in [9.17, 15) is 4.79 Å². The average molecular weight is 528 g/mol. The Labute approximate surface area is 235 Å². The Balaban J connectivity index is 0.00000205. The maximum Gasteiger partial charge on any atom is 0.307 e. The minimum Gasteiger partial charge on any atom is -0.481 e. The van der Waals surface area contributed by atoms with Crippen LogP contribution in [0.1, 0.15) is 92.8 Å². The number of aromatic nitrogens is 1. The van der Waals surface area contributed by atoms with Crippen molar-refractivity contribution < 1.29 is 14.6 Å². The van der Waals surface area contributed by atoms with Crippen LogP contribution in [0.2, 0.25) is 0 Å². The predicted octanol–water partition coefficient (Wildman–Crippen LogP) is 8.63. The third-order valence-corrected chi connectivity index (χ3v) is 8.23. The molecule has 0 aliphatic carbocycles. The van der Waals surface area contributed by atoms with Crippen LogP contribution in [0, 0.1) is 20.8 Å². The Morgan fingerprint density at radius 3 is 2.05 bits per heavy atom. The molecule has 0 amide bonds. The molecular formula is C35H45NO3. The summed E-state index contributed by atoms with van der Waals surface area (Å²) in [5.41, 5.74) is 10.2. The molecule has 1 saturated heterocycles. The molecule has 208 valence electrons. The highest BCUT2D eigenvalue weighted by Crippen LogP contribution is 2.42. The topological polar surface area (TPSA) is 62.7 Å². The van der Waals surface area contributed by atoms with Crippen molar-refractivity contribution in [1.82, 2.24) is 4.98 Å². The van der Waals surface area contributed by atoms with Gasteiger partial charge in [0.1, 0.15) is 5.60 Å². The van der Waals surface area contributed by atoms with Crippen LogP contribution < -0.4 is 0 Å². The first kappa shape index (κ1) is 30.3. The summed E-state index contributed by atoms with van der Waals surface area (Å²) in [6.45, 7) is 18.1. The maximum absolute atomic E-state index is 11.0. The van der Waals surface area contributed by atoms with Crippen LogP contribution in [-0.4, -0.2) is 28.3 Å². The Morgan fingerprint density at radius 2 is 1.59 bits per heavy atom. The molecule has 3 aromatic rings.